The summed E-state index contributed by atoms with van der Waals surface area (Å²) in [7, 11) is -2.49. The van der Waals surface area contributed by atoms with Crippen LogP contribution >= 0.6 is 0 Å². The standard InChI is InChI=1S/C17H18N2O6S/c1-12-7-8-14(9-15(12)19(20)21)26(22,23)18(2)10-13-11-24-16-5-3-4-6-17(16)25-13/h3-9,13H,10-11H2,1-2H3/t13-/m1/s1. The van der Waals surface area contributed by atoms with Crippen molar-refractivity contribution in [3.63, 3.8) is 0 Å². The van der Waals surface area contributed by atoms with Gasteiger partial charge in [-0.3, -0.25) is 10.1 Å². The van der Waals surface area contributed by atoms with Gasteiger partial charge in [0, 0.05) is 18.7 Å². The van der Waals surface area contributed by atoms with Crippen LogP contribution in [-0.2, 0) is 10.0 Å². The Bertz CT molecular complexity index is 944. The number of fused-ring (bicyclic) bond motifs is 1. The number of para-hydroxylation sites is 2. The van der Waals surface area contributed by atoms with Gasteiger partial charge in [-0.05, 0) is 25.1 Å². The zero-order valence-electron chi connectivity index (χ0n) is 14.3. The molecule has 0 saturated heterocycles. The molecule has 0 spiro atoms. The molecule has 2 aromatic carbocycles. The molecule has 0 N–H and O–H groups in total. The lowest BCUT2D eigenvalue weighted by Gasteiger charge is -2.29. The molecule has 9 heteroatoms. The van der Waals surface area contributed by atoms with Gasteiger partial charge < -0.3 is 9.47 Å². The third-order valence-electron chi connectivity index (χ3n) is 4.11. The Hall–Kier alpha value is -2.65. The number of sulfonamides is 1. The Kier molecular flexibility index (Phi) is 4.84. The van der Waals surface area contributed by atoms with Crippen molar-refractivity contribution in [3.8, 4) is 11.5 Å². The molecule has 0 amide bonds. The normalized spacial score (nSPS) is 16.5. The lowest BCUT2D eigenvalue weighted by atomic mass is 10.2. The van der Waals surface area contributed by atoms with E-state index in [1.165, 1.54) is 19.2 Å². The van der Waals surface area contributed by atoms with Crippen LogP contribution in [0.15, 0.2) is 47.4 Å². The maximum absolute atomic E-state index is 12.7. The van der Waals surface area contributed by atoms with Crippen molar-refractivity contribution < 1.29 is 22.8 Å². The Morgan fingerprint density at radius 1 is 1.23 bits per heavy atom. The summed E-state index contributed by atoms with van der Waals surface area (Å²) in [4.78, 5) is 10.3. The van der Waals surface area contributed by atoms with Gasteiger partial charge in [0.2, 0.25) is 10.0 Å². The van der Waals surface area contributed by atoms with E-state index in [9.17, 15) is 18.5 Å². The van der Waals surface area contributed by atoms with Gasteiger partial charge in [0.05, 0.1) is 16.4 Å². The first-order valence-electron chi connectivity index (χ1n) is 7.89. The van der Waals surface area contributed by atoms with Gasteiger partial charge in [-0.2, -0.15) is 4.31 Å². The number of hydrogen-bond acceptors (Lipinski definition) is 6. The predicted octanol–water partition coefficient (Wildman–Crippen LogP) is 2.36. The van der Waals surface area contributed by atoms with E-state index in [4.69, 9.17) is 9.47 Å². The third kappa shape index (κ3) is 3.49. The zero-order valence-corrected chi connectivity index (χ0v) is 15.1. The molecule has 0 radical (unpaired) electrons. The van der Waals surface area contributed by atoms with Gasteiger partial charge in [0.15, 0.2) is 11.5 Å². The second kappa shape index (κ2) is 6.93. The van der Waals surface area contributed by atoms with Crippen LogP contribution in [0.5, 0.6) is 11.5 Å². The average molecular weight is 378 g/mol. The molecule has 1 aliphatic rings. The Labute approximate surface area is 151 Å². The van der Waals surface area contributed by atoms with Crippen LogP contribution in [0.2, 0.25) is 0 Å². The lowest BCUT2D eigenvalue weighted by molar-refractivity contribution is -0.385. The van der Waals surface area contributed by atoms with Crippen molar-refractivity contribution in [2.75, 3.05) is 20.2 Å². The largest absolute Gasteiger partial charge is 0.486 e. The molecular weight excluding hydrogens is 360 g/mol. The number of nitro groups is 1. The first-order chi connectivity index (χ1) is 12.3. The van der Waals surface area contributed by atoms with Crippen molar-refractivity contribution in [2.24, 2.45) is 0 Å². The summed E-state index contributed by atoms with van der Waals surface area (Å²) in [5.74, 6) is 1.17. The van der Waals surface area contributed by atoms with Crippen LogP contribution in [0.25, 0.3) is 0 Å². The Morgan fingerprint density at radius 2 is 1.92 bits per heavy atom. The van der Waals surface area contributed by atoms with Crippen molar-refractivity contribution in [3.05, 3.63) is 58.1 Å². The van der Waals surface area contributed by atoms with Crippen LogP contribution in [0.1, 0.15) is 5.56 Å². The van der Waals surface area contributed by atoms with E-state index in [-0.39, 0.29) is 23.7 Å². The van der Waals surface area contributed by atoms with Crippen LogP contribution in [-0.4, -0.2) is 43.9 Å². The molecule has 3 rings (SSSR count). The van der Waals surface area contributed by atoms with Crippen molar-refractivity contribution in [2.45, 2.75) is 17.9 Å². The molecule has 26 heavy (non-hydrogen) atoms. The summed E-state index contributed by atoms with van der Waals surface area (Å²) in [6.07, 6.45) is -0.481. The molecule has 0 unspecified atom stereocenters. The number of aryl methyl sites for hydroxylation is 1. The first-order valence-corrected chi connectivity index (χ1v) is 9.33. The summed E-state index contributed by atoms with van der Waals surface area (Å²) >= 11 is 0. The van der Waals surface area contributed by atoms with Gasteiger partial charge in [-0.15, -0.1) is 0 Å². The molecule has 0 aromatic heterocycles. The van der Waals surface area contributed by atoms with Gasteiger partial charge in [0.1, 0.15) is 12.7 Å². The zero-order chi connectivity index (χ0) is 18.9. The molecule has 0 aliphatic carbocycles. The van der Waals surface area contributed by atoms with E-state index in [0.717, 1.165) is 10.4 Å². The van der Waals surface area contributed by atoms with Gasteiger partial charge in [-0.1, -0.05) is 18.2 Å². The average Bonchev–Trinajstić information content (AvgIpc) is 2.61. The quantitative estimate of drug-likeness (QED) is 0.585. The predicted molar refractivity (Wildman–Crippen MR) is 94.0 cm³/mol. The fourth-order valence-electron chi connectivity index (χ4n) is 2.66. The minimum Gasteiger partial charge on any atom is -0.486 e. The Morgan fingerprint density at radius 3 is 2.62 bits per heavy atom. The Balaban J connectivity index is 1.78. The molecule has 0 saturated carbocycles. The monoisotopic (exact) mass is 378 g/mol. The molecule has 2 aromatic rings. The maximum atomic E-state index is 12.7. The SMILES string of the molecule is Cc1ccc(S(=O)(=O)N(C)C[C@@H]2COc3ccccc3O2)cc1[N+](=O)[O-]. The number of rotatable bonds is 5. The number of hydrogen-bond donors (Lipinski definition) is 0. The van der Waals surface area contributed by atoms with Crippen LogP contribution in [0.3, 0.4) is 0 Å². The summed E-state index contributed by atoms with van der Waals surface area (Å²) in [6, 6.07) is 11.0. The van der Waals surface area contributed by atoms with E-state index in [1.54, 1.807) is 25.1 Å². The second-order valence-corrected chi connectivity index (χ2v) is 8.03. The fraction of sp³-hybridized carbons (Fsp3) is 0.294. The minimum absolute atomic E-state index is 0.0539. The van der Waals surface area contributed by atoms with E-state index in [1.807, 2.05) is 6.07 Å². The lowest BCUT2D eigenvalue weighted by Crippen LogP contribution is -2.41. The maximum Gasteiger partial charge on any atom is 0.273 e. The molecule has 0 fully saturated rings. The van der Waals surface area contributed by atoms with Crippen LogP contribution in [0.4, 0.5) is 5.69 Å². The van der Waals surface area contributed by atoms with Crippen LogP contribution in [0, 0.1) is 17.0 Å². The smallest absolute Gasteiger partial charge is 0.273 e. The van der Waals surface area contributed by atoms with Gasteiger partial charge in [-0.25, -0.2) is 8.42 Å². The number of benzene rings is 2. The van der Waals surface area contributed by atoms with E-state index >= 15 is 0 Å². The number of likely N-dealkylation sites (N-methyl/N-ethyl adjacent to an activating group) is 1. The first kappa shape index (κ1) is 18.2. The molecule has 8 nitrogen and oxygen atoms in total. The molecule has 1 aliphatic heterocycles. The number of ether oxygens (including phenoxy) is 2. The summed E-state index contributed by atoms with van der Waals surface area (Å²) < 4.78 is 38.0. The van der Waals surface area contributed by atoms with E-state index < -0.39 is 21.1 Å². The minimum atomic E-state index is -3.90. The third-order valence-corrected chi connectivity index (χ3v) is 5.93. The second-order valence-electron chi connectivity index (χ2n) is 5.99. The van der Waals surface area contributed by atoms with Gasteiger partial charge >= 0.3 is 0 Å². The fourth-order valence-corrected chi connectivity index (χ4v) is 3.89. The van der Waals surface area contributed by atoms with Gasteiger partial charge in [0.25, 0.3) is 5.69 Å². The summed E-state index contributed by atoms with van der Waals surface area (Å²) in [5.41, 5.74) is 0.169. The van der Waals surface area contributed by atoms with E-state index in [0.29, 0.717) is 17.1 Å². The number of nitrogens with zero attached hydrogens (tertiary/aromatic N) is 2. The topological polar surface area (TPSA) is 99.0 Å². The summed E-state index contributed by atoms with van der Waals surface area (Å²) in [5, 5.41) is 11.1. The molecule has 0 bridgehead atoms. The molecular formula is C17H18N2O6S. The van der Waals surface area contributed by atoms with E-state index in [2.05, 4.69) is 0 Å². The summed E-state index contributed by atoms with van der Waals surface area (Å²) in [6.45, 7) is 1.83. The molecule has 138 valence electrons. The van der Waals surface area contributed by atoms with Crippen molar-refractivity contribution >= 4 is 15.7 Å². The highest BCUT2D eigenvalue weighted by Crippen LogP contribution is 2.31. The highest BCUT2D eigenvalue weighted by atomic mass is 32.2. The highest BCUT2D eigenvalue weighted by molar-refractivity contribution is 7.89. The van der Waals surface area contributed by atoms with Crippen molar-refractivity contribution in [1.29, 1.82) is 0 Å². The van der Waals surface area contributed by atoms with Crippen LogP contribution < -0.4 is 9.47 Å². The molecule has 1 heterocycles. The highest BCUT2D eigenvalue weighted by Gasteiger charge is 2.29. The molecule has 1 atom stereocenters. The van der Waals surface area contributed by atoms with Crippen molar-refractivity contribution in [1.82, 2.24) is 4.31 Å². The number of nitro benzene ring substituents is 1.